The van der Waals surface area contributed by atoms with Crippen LogP contribution in [0, 0.1) is 6.92 Å². The Kier molecular flexibility index (Phi) is 4.68. The quantitative estimate of drug-likeness (QED) is 0.873. The van der Waals surface area contributed by atoms with Gasteiger partial charge in [-0.05, 0) is 37.5 Å². The van der Waals surface area contributed by atoms with Crippen LogP contribution in [0.25, 0.3) is 0 Å². The molecule has 0 aliphatic heterocycles. The second kappa shape index (κ2) is 6.15. The molecule has 0 unspecified atom stereocenters. The van der Waals surface area contributed by atoms with Gasteiger partial charge in [-0.3, -0.25) is 4.79 Å². The highest BCUT2D eigenvalue weighted by Crippen LogP contribution is 2.22. The molecule has 1 saturated carbocycles. The Morgan fingerprint density at radius 2 is 1.90 bits per heavy atom. The number of carbonyl (C=O) groups excluding carboxylic acids is 1. The summed E-state index contributed by atoms with van der Waals surface area (Å²) in [5, 5.41) is 2.90. The summed E-state index contributed by atoms with van der Waals surface area (Å²) in [4.78, 5) is 12.4. The zero-order valence-corrected chi connectivity index (χ0v) is 13.5. The third-order valence-corrected chi connectivity index (χ3v) is 5.76. The highest BCUT2D eigenvalue weighted by atomic mass is 32.2. The molecule has 0 aromatic heterocycles. The van der Waals surface area contributed by atoms with Crippen LogP contribution in [0.2, 0.25) is 0 Å². The van der Waals surface area contributed by atoms with E-state index < -0.39 is 10.0 Å². The lowest BCUT2D eigenvalue weighted by Gasteiger charge is -2.19. The number of benzene rings is 1. The number of nitrogens with zero attached hydrogens (tertiary/aromatic N) is 1. The number of hydrogen-bond acceptors (Lipinski definition) is 3. The second-order valence-corrected chi connectivity index (χ2v) is 7.25. The Morgan fingerprint density at radius 3 is 2.43 bits per heavy atom. The van der Waals surface area contributed by atoms with Crippen molar-refractivity contribution in [2.24, 2.45) is 0 Å². The number of carbonyl (C=O) groups is 1. The van der Waals surface area contributed by atoms with Gasteiger partial charge in [-0.2, -0.15) is 4.31 Å². The smallest absolute Gasteiger partial charge is 0.251 e. The van der Waals surface area contributed by atoms with Gasteiger partial charge in [-0.1, -0.05) is 19.9 Å². The summed E-state index contributed by atoms with van der Waals surface area (Å²) in [6.45, 7) is 6.24. The van der Waals surface area contributed by atoms with Gasteiger partial charge in [-0.15, -0.1) is 0 Å². The van der Waals surface area contributed by atoms with Crippen molar-refractivity contribution in [1.29, 1.82) is 0 Å². The van der Waals surface area contributed by atoms with E-state index in [4.69, 9.17) is 0 Å². The molecule has 1 aliphatic carbocycles. The molecule has 0 heterocycles. The normalized spacial score (nSPS) is 15.2. The summed E-state index contributed by atoms with van der Waals surface area (Å²) < 4.78 is 26.4. The Morgan fingerprint density at radius 1 is 1.29 bits per heavy atom. The van der Waals surface area contributed by atoms with Crippen LogP contribution in [0.1, 0.15) is 42.6 Å². The van der Waals surface area contributed by atoms with Crippen molar-refractivity contribution in [2.45, 2.75) is 44.6 Å². The Hall–Kier alpha value is -1.40. The SMILES string of the molecule is CCN(CC)S(=O)(=O)c1ccc(C)c(C(=O)NC2CC2)c1. The molecule has 1 aromatic rings. The summed E-state index contributed by atoms with van der Waals surface area (Å²) in [7, 11) is -3.53. The van der Waals surface area contributed by atoms with Crippen LogP contribution >= 0.6 is 0 Å². The van der Waals surface area contributed by atoms with E-state index in [1.54, 1.807) is 26.0 Å². The Balaban J connectivity index is 2.35. The molecular formula is C15H22N2O3S. The van der Waals surface area contributed by atoms with Crippen molar-refractivity contribution >= 4 is 15.9 Å². The maximum atomic E-state index is 12.5. The number of sulfonamides is 1. The maximum absolute atomic E-state index is 12.5. The standard InChI is InChI=1S/C15H22N2O3S/c1-4-17(5-2)21(19,20)13-9-6-11(3)14(10-13)15(18)16-12-7-8-12/h6,9-10,12H,4-5,7-8H2,1-3H3,(H,16,18). The van der Waals surface area contributed by atoms with Crippen molar-refractivity contribution < 1.29 is 13.2 Å². The van der Waals surface area contributed by atoms with Crippen LogP contribution in [-0.2, 0) is 10.0 Å². The van der Waals surface area contributed by atoms with E-state index in [1.165, 1.54) is 10.4 Å². The van der Waals surface area contributed by atoms with E-state index in [1.807, 2.05) is 6.92 Å². The van der Waals surface area contributed by atoms with Crippen LogP contribution in [-0.4, -0.2) is 37.8 Å². The van der Waals surface area contributed by atoms with E-state index in [2.05, 4.69) is 5.32 Å². The van der Waals surface area contributed by atoms with Crippen LogP contribution < -0.4 is 5.32 Å². The second-order valence-electron chi connectivity index (χ2n) is 5.31. The fraction of sp³-hybridized carbons (Fsp3) is 0.533. The zero-order chi connectivity index (χ0) is 15.6. The number of nitrogens with one attached hydrogen (secondary N) is 1. The first-order valence-electron chi connectivity index (χ1n) is 7.31. The van der Waals surface area contributed by atoms with Crippen LogP contribution in [0.5, 0.6) is 0 Å². The first-order chi connectivity index (χ1) is 9.90. The summed E-state index contributed by atoms with van der Waals surface area (Å²) in [6.07, 6.45) is 2.00. The molecule has 1 aromatic carbocycles. The van der Waals surface area contributed by atoms with Crippen LogP contribution in [0.4, 0.5) is 0 Å². The lowest BCUT2D eigenvalue weighted by molar-refractivity contribution is 0.0950. The highest BCUT2D eigenvalue weighted by molar-refractivity contribution is 7.89. The first-order valence-corrected chi connectivity index (χ1v) is 8.75. The van der Waals surface area contributed by atoms with E-state index in [0.29, 0.717) is 18.7 Å². The Labute approximate surface area is 126 Å². The van der Waals surface area contributed by atoms with Crippen molar-refractivity contribution in [2.75, 3.05) is 13.1 Å². The number of hydrogen-bond donors (Lipinski definition) is 1. The Bertz CT molecular complexity index is 632. The highest BCUT2D eigenvalue weighted by Gasteiger charge is 2.26. The summed E-state index contributed by atoms with van der Waals surface area (Å²) >= 11 is 0. The predicted octanol–water partition coefficient (Wildman–Crippen LogP) is 1.92. The molecule has 2 rings (SSSR count). The molecule has 1 amide bonds. The minimum Gasteiger partial charge on any atom is -0.349 e. The van der Waals surface area contributed by atoms with Gasteiger partial charge in [0.05, 0.1) is 4.90 Å². The van der Waals surface area contributed by atoms with Crippen LogP contribution in [0.3, 0.4) is 0 Å². The summed E-state index contributed by atoms with van der Waals surface area (Å²) in [5.41, 5.74) is 1.22. The average Bonchev–Trinajstić information content (AvgIpc) is 3.23. The van der Waals surface area contributed by atoms with Gasteiger partial charge in [0.2, 0.25) is 10.0 Å². The molecule has 0 saturated heterocycles. The summed E-state index contributed by atoms with van der Waals surface area (Å²) in [6, 6.07) is 5.00. The van der Waals surface area contributed by atoms with Gasteiger partial charge < -0.3 is 5.32 Å². The molecule has 1 aliphatic rings. The fourth-order valence-corrected chi connectivity index (χ4v) is 3.69. The molecule has 21 heavy (non-hydrogen) atoms. The molecule has 1 fully saturated rings. The van der Waals surface area contributed by atoms with Crippen molar-refractivity contribution in [3.8, 4) is 0 Å². The predicted molar refractivity (Wildman–Crippen MR) is 81.8 cm³/mol. The van der Waals surface area contributed by atoms with Gasteiger partial charge >= 0.3 is 0 Å². The first kappa shape index (κ1) is 16.0. The molecule has 0 radical (unpaired) electrons. The fourth-order valence-electron chi connectivity index (χ4n) is 2.21. The van der Waals surface area contributed by atoms with E-state index >= 15 is 0 Å². The molecular weight excluding hydrogens is 288 g/mol. The third kappa shape index (κ3) is 3.44. The maximum Gasteiger partial charge on any atom is 0.251 e. The third-order valence-electron chi connectivity index (χ3n) is 3.71. The van der Waals surface area contributed by atoms with Crippen LogP contribution in [0.15, 0.2) is 23.1 Å². The van der Waals surface area contributed by atoms with Crippen molar-refractivity contribution in [3.05, 3.63) is 29.3 Å². The molecule has 116 valence electrons. The molecule has 1 N–H and O–H groups in total. The molecule has 0 spiro atoms. The van der Waals surface area contributed by atoms with E-state index in [0.717, 1.165) is 18.4 Å². The van der Waals surface area contributed by atoms with Crippen molar-refractivity contribution in [1.82, 2.24) is 9.62 Å². The minimum absolute atomic E-state index is 0.178. The van der Waals surface area contributed by atoms with E-state index in [9.17, 15) is 13.2 Å². The number of amides is 1. The van der Waals surface area contributed by atoms with Gasteiger partial charge in [0, 0.05) is 24.7 Å². The average molecular weight is 310 g/mol. The zero-order valence-electron chi connectivity index (χ0n) is 12.7. The lowest BCUT2D eigenvalue weighted by Crippen LogP contribution is -2.31. The molecule has 6 heteroatoms. The molecule has 5 nitrogen and oxygen atoms in total. The minimum atomic E-state index is -3.53. The molecule has 0 atom stereocenters. The topological polar surface area (TPSA) is 66.5 Å². The number of aryl methyl sites for hydroxylation is 1. The van der Waals surface area contributed by atoms with Gasteiger partial charge in [-0.25, -0.2) is 8.42 Å². The van der Waals surface area contributed by atoms with E-state index in [-0.39, 0.29) is 16.8 Å². The van der Waals surface area contributed by atoms with Gasteiger partial charge in [0.1, 0.15) is 0 Å². The van der Waals surface area contributed by atoms with Gasteiger partial charge in [0.25, 0.3) is 5.91 Å². The largest absolute Gasteiger partial charge is 0.349 e. The van der Waals surface area contributed by atoms with Gasteiger partial charge in [0.15, 0.2) is 0 Å². The monoisotopic (exact) mass is 310 g/mol. The number of rotatable bonds is 6. The lowest BCUT2D eigenvalue weighted by atomic mass is 10.1. The van der Waals surface area contributed by atoms with Crippen molar-refractivity contribution in [3.63, 3.8) is 0 Å². The summed E-state index contributed by atoms with van der Waals surface area (Å²) in [5.74, 6) is -0.188. The molecule has 0 bridgehead atoms.